The van der Waals surface area contributed by atoms with Gasteiger partial charge in [-0.25, -0.2) is 4.79 Å². The van der Waals surface area contributed by atoms with Crippen LogP contribution in [-0.4, -0.2) is 40.7 Å². The number of carbonyl (C=O) groups is 2. The standard InChI is InChI=1S/C14H22ClNO4/c1-13(2,3)20-12(18)16-8-10-6-14(16,7-10)5-4-11(17)19-9-15/h10H,4-9H2,1-3H3. The normalized spacial score (nSPS) is 28.0. The SMILES string of the molecule is CC(C)(C)OC(=O)N1CC2CC1(CCC(=O)OCCl)C2. The predicted molar refractivity (Wildman–Crippen MR) is 74.4 cm³/mol. The van der Waals surface area contributed by atoms with Gasteiger partial charge in [0.25, 0.3) is 0 Å². The van der Waals surface area contributed by atoms with Gasteiger partial charge in [0.15, 0.2) is 6.07 Å². The molecular formula is C14H22ClNO4. The number of ether oxygens (including phenoxy) is 2. The van der Waals surface area contributed by atoms with Crippen LogP contribution >= 0.6 is 11.6 Å². The van der Waals surface area contributed by atoms with Gasteiger partial charge in [0.2, 0.25) is 0 Å². The van der Waals surface area contributed by atoms with Crippen LogP contribution in [0.5, 0.6) is 0 Å². The molecule has 0 aromatic rings. The van der Waals surface area contributed by atoms with Crippen molar-refractivity contribution in [3.8, 4) is 0 Å². The average molecular weight is 304 g/mol. The van der Waals surface area contributed by atoms with Crippen molar-refractivity contribution in [3.63, 3.8) is 0 Å². The van der Waals surface area contributed by atoms with Gasteiger partial charge in [0.1, 0.15) is 5.60 Å². The van der Waals surface area contributed by atoms with Crippen molar-refractivity contribution in [2.45, 2.75) is 57.6 Å². The molecule has 114 valence electrons. The van der Waals surface area contributed by atoms with Crippen molar-refractivity contribution < 1.29 is 19.1 Å². The molecule has 2 saturated heterocycles. The summed E-state index contributed by atoms with van der Waals surface area (Å²) in [6.07, 6.45) is 2.56. The topological polar surface area (TPSA) is 55.8 Å². The van der Waals surface area contributed by atoms with Gasteiger partial charge >= 0.3 is 12.1 Å². The van der Waals surface area contributed by atoms with Gasteiger partial charge in [-0.05, 0) is 46.0 Å². The van der Waals surface area contributed by atoms with E-state index in [4.69, 9.17) is 21.1 Å². The number of hydrogen-bond acceptors (Lipinski definition) is 4. The summed E-state index contributed by atoms with van der Waals surface area (Å²) in [7, 11) is 0. The molecule has 0 unspecified atom stereocenters. The minimum atomic E-state index is -0.497. The van der Waals surface area contributed by atoms with Crippen molar-refractivity contribution in [2.75, 3.05) is 12.6 Å². The lowest BCUT2D eigenvalue weighted by molar-refractivity contribution is -0.142. The van der Waals surface area contributed by atoms with E-state index in [9.17, 15) is 9.59 Å². The summed E-state index contributed by atoms with van der Waals surface area (Å²) in [5, 5.41) is 0. The van der Waals surface area contributed by atoms with Crippen LogP contribution in [0.2, 0.25) is 0 Å². The Morgan fingerprint density at radius 1 is 1.35 bits per heavy atom. The first-order valence-corrected chi connectivity index (χ1v) is 7.51. The molecule has 0 spiro atoms. The Labute approximate surface area is 124 Å². The maximum absolute atomic E-state index is 12.2. The molecule has 1 saturated carbocycles. The summed E-state index contributed by atoms with van der Waals surface area (Å²) < 4.78 is 10.2. The summed E-state index contributed by atoms with van der Waals surface area (Å²) in [6.45, 7) is 6.31. The van der Waals surface area contributed by atoms with E-state index < -0.39 is 5.60 Å². The van der Waals surface area contributed by atoms with Crippen molar-refractivity contribution in [2.24, 2.45) is 5.92 Å². The molecule has 6 heteroatoms. The Hall–Kier alpha value is -0.970. The first-order valence-electron chi connectivity index (χ1n) is 6.98. The fourth-order valence-electron chi connectivity index (χ4n) is 3.21. The highest BCUT2D eigenvalue weighted by Gasteiger charge is 2.58. The maximum Gasteiger partial charge on any atom is 0.410 e. The molecule has 2 bridgehead atoms. The van der Waals surface area contributed by atoms with E-state index in [0.29, 0.717) is 18.8 Å². The monoisotopic (exact) mass is 303 g/mol. The number of fused-ring (bicyclic) bond motifs is 1. The number of rotatable bonds is 4. The smallest absolute Gasteiger partial charge is 0.410 e. The second-order valence-corrected chi connectivity index (χ2v) is 6.93. The van der Waals surface area contributed by atoms with Crippen LogP contribution in [0.25, 0.3) is 0 Å². The fourth-order valence-corrected chi connectivity index (χ4v) is 3.33. The molecule has 2 aliphatic heterocycles. The third-order valence-electron chi connectivity index (χ3n) is 3.97. The van der Waals surface area contributed by atoms with Gasteiger partial charge < -0.3 is 14.4 Å². The highest BCUT2D eigenvalue weighted by molar-refractivity contribution is 6.17. The molecule has 5 nitrogen and oxygen atoms in total. The van der Waals surface area contributed by atoms with Crippen LogP contribution in [0.4, 0.5) is 4.79 Å². The van der Waals surface area contributed by atoms with Gasteiger partial charge in [-0.2, -0.15) is 0 Å². The van der Waals surface area contributed by atoms with E-state index in [1.165, 1.54) is 0 Å². The molecule has 0 radical (unpaired) electrons. The van der Waals surface area contributed by atoms with Crippen molar-refractivity contribution in [1.29, 1.82) is 0 Å². The molecule has 20 heavy (non-hydrogen) atoms. The number of hydrogen-bond donors (Lipinski definition) is 0. The number of carbonyl (C=O) groups excluding carboxylic acids is 2. The molecule has 3 rings (SSSR count). The zero-order valence-corrected chi connectivity index (χ0v) is 13.0. The second-order valence-electron chi connectivity index (χ2n) is 6.72. The minimum absolute atomic E-state index is 0.121. The van der Waals surface area contributed by atoms with E-state index in [1.807, 2.05) is 20.8 Å². The van der Waals surface area contributed by atoms with E-state index in [1.54, 1.807) is 4.90 Å². The van der Waals surface area contributed by atoms with Crippen molar-refractivity contribution >= 4 is 23.7 Å². The Balaban J connectivity index is 1.93. The lowest BCUT2D eigenvalue weighted by Crippen LogP contribution is -2.50. The maximum atomic E-state index is 12.2. The summed E-state index contributed by atoms with van der Waals surface area (Å²) in [5.41, 5.74) is -0.707. The molecule has 0 N–H and O–H groups in total. The molecule has 0 aromatic heterocycles. The summed E-state index contributed by atoms with van der Waals surface area (Å²) in [6, 6.07) is -0.121. The molecule has 2 heterocycles. The van der Waals surface area contributed by atoms with Crippen molar-refractivity contribution in [3.05, 3.63) is 0 Å². The molecule has 1 aliphatic carbocycles. The van der Waals surface area contributed by atoms with Gasteiger partial charge in [0, 0.05) is 18.5 Å². The lowest BCUT2D eigenvalue weighted by atomic mass is 9.71. The largest absolute Gasteiger partial charge is 0.449 e. The van der Waals surface area contributed by atoms with Gasteiger partial charge in [0.05, 0.1) is 0 Å². The zero-order valence-electron chi connectivity index (χ0n) is 12.3. The minimum Gasteiger partial charge on any atom is -0.449 e. The number of amides is 1. The number of alkyl halides is 1. The fraction of sp³-hybridized carbons (Fsp3) is 0.857. The molecule has 0 aromatic carbocycles. The predicted octanol–water partition coefficient (Wildman–Crippen LogP) is 2.91. The van der Waals surface area contributed by atoms with Crippen molar-refractivity contribution in [1.82, 2.24) is 4.90 Å². The first-order chi connectivity index (χ1) is 9.26. The van der Waals surface area contributed by atoms with E-state index >= 15 is 0 Å². The Morgan fingerprint density at radius 3 is 2.55 bits per heavy atom. The highest BCUT2D eigenvalue weighted by Crippen LogP contribution is 2.53. The van der Waals surface area contributed by atoms with Crippen LogP contribution in [-0.2, 0) is 14.3 Å². The van der Waals surface area contributed by atoms with E-state index in [2.05, 4.69) is 0 Å². The number of nitrogens with zero attached hydrogens (tertiary/aromatic N) is 1. The molecule has 3 aliphatic rings. The van der Waals surface area contributed by atoms with Crippen LogP contribution in [0, 0.1) is 5.92 Å². The lowest BCUT2D eigenvalue weighted by Gasteiger charge is -2.42. The molecular weight excluding hydrogens is 282 g/mol. The average Bonchev–Trinajstić information content (AvgIpc) is 2.78. The molecule has 1 amide bonds. The van der Waals surface area contributed by atoms with Crippen LogP contribution in [0.15, 0.2) is 0 Å². The Bertz CT molecular complexity index is 398. The second kappa shape index (κ2) is 5.43. The Kier molecular flexibility index (Phi) is 4.19. The number of halogens is 1. The highest BCUT2D eigenvalue weighted by atomic mass is 35.5. The summed E-state index contributed by atoms with van der Waals surface area (Å²) >= 11 is 5.36. The van der Waals surface area contributed by atoms with Crippen LogP contribution in [0.1, 0.15) is 46.5 Å². The molecule has 3 fully saturated rings. The third-order valence-corrected chi connectivity index (χ3v) is 4.08. The quantitative estimate of drug-likeness (QED) is 0.592. The summed E-state index contributed by atoms with van der Waals surface area (Å²) in [5.74, 6) is 0.237. The Morgan fingerprint density at radius 2 is 2.00 bits per heavy atom. The van der Waals surface area contributed by atoms with Gasteiger partial charge in [-0.3, -0.25) is 4.79 Å². The first kappa shape index (κ1) is 15.4. The van der Waals surface area contributed by atoms with Crippen LogP contribution < -0.4 is 0 Å². The van der Waals surface area contributed by atoms with Crippen LogP contribution in [0.3, 0.4) is 0 Å². The third kappa shape index (κ3) is 3.19. The number of esters is 1. The van der Waals surface area contributed by atoms with Gasteiger partial charge in [-0.1, -0.05) is 11.6 Å². The van der Waals surface area contributed by atoms with E-state index in [0.717, 1.165) is 19.4 Å². The van der Waals surface area contributed by atoms with Gasteiger partial charge in [-0.15, -0.1) is 0 Å². The zero-order chi connectivity index (χ0) is 15.0. The summed E-state index contributed by atoms with van der Waals surface area (Å²) in [4.78, 5) is 25.5. The van der Waals surface area contributed by atoms with E-state index in [-0.39, 0.29) is 23.7 Å². The molecule has 0 atom stereocenters.